The number of aromatic nitrogens is 2. The van der Waals surface area contributed by atoms with Gasteiger partial charge >= 0.3 is 0 Å². The van der Waals surface area contributed by atoms with Crippen molar-refractivity contribution in [2.75, 3.05) is 6.54 Å². The highest BCUT2D eigenvalue weighted by Crippen LogP contribution is 2.31. The van der Waals surface area contributed by atoms with Crippen LogP contribution in [0.15, 0.2) is 18.2 Å². The van der Waals surface area contributed by atoms with E-state index in [0.29, 0.717) is 16.0 Å². The standard InChI is InChI=1S/C16H17Cl2N3/c1-9(2)16-20-14-5-6-19-8-11(14)15(21-16)10-3-4-12(17)13(18)7-10/h3-4,7,9,19H,5-6,8H2,1-2H3. The van der Waals surface area contributed by atoms with Gasteiger partial charge in [0.1, 0.15) is 5.82 Å². The minimum atomic E-state index is 0.298. The van der Waals surface area contributed by atoms with Crippen molar-refractivity contribution in [3.05, 3.63) is 45.3 Å². The van der Waals surface area contributed by atoms with E-state index in [2.05, 4.69) is 19.2 Å². The van der Waals surface area contributed by atoms with Gasteiger partial charge in [-0.3, -0.25) is 0 Å². The van der Waals surface area contributed by atoms with Crippen LogP contribution in [0.1, 0.15) is 36.8 Å². The molecular formula is C16H17Cl2N3. The molecule has 0 saturated heterocycles. The first-order valence-corrected chi connectivity index (χ1v) is 7.87. The van der Waals surface area contributed by atoms with Gasteiger partial charge in [-0.05, 0) is 12.1 Å². The summed E-state index contributed by atoms with van der Waals surface area (Å²) >= 11 is 12.2. The minimum absolute atomic E-state index is 0.298. The summed E-state index contributed by atoms with van der Waals surface area (Å²) in [6, 6.07) is 5.67. The summed E-state index contributed by atoms with van der Waals surface area (Å²) in [5, 5.41) is 4.50. The maximum absolute atomic E-state index is 6.16. The molecule has 3 rings (SSSR count). The zero-order valence-corrected chi connectivity index (χ0v) is 13.6. The van der Waals surface area contributed by atoms with Gasteiger partial charge in [-0.25, -0.2) is 9.97 Å². The van der Waals surface area contributed by atoms with Gasteiger partial charge in [-0.1, -0.05) is 43.1 Å². The molecule has 110 valence electrons. The lowest BCUT2D eigenvalue weighted by Gasteiger charge is -2.21. The molecule has 2 heterocycles. The third-order valence-electron chi connectivity index (χ3n) is 3.66. The Morgan fingerprint density at radius 2 is 1.95 bits per heavy atom. The number of nitrogens with zero attached hydrogens (tertiary/aromatic N) is 2. The number of nitrogens with one attached hydrogen (secondary N) is 1. The van der Waals surface area contributed by atoms with Crippen LogP contribution < -0.4 is 5.32 Å². The molecule has 0 amide bonds. The highest BCUT2D eigenvalue weighted by Gasteiger charge is 2.20. The Kier molecular flexibility index (Phi) is 4.16. The minimum Gasteiger partial charge on any atom is -0.312 e. The number of fused-ring (bicyclic) bond motifs is 1. The van der Waals surface area contributed by atoms with Crippen molar-refractivity contribution in [3.8, 4) is 11.3 Å². The molecule has 0 radical (unpaired) electrons. The van der Waals surface area contributed by atoms with Crippen LogP contribution in [0.2, 0.25) is 10.0 Å². The lowest BCUT2D eigenvalue weighted by Crippen LogP contribution is -2.26. The van der Waals surface area contributed by atoms with Crippen LogP contribution in [0, 0.1) is 0 Å². The highest BCUT2D eigenvalue weighted by molar-refractivity contribution is 6.42. The van der Waals surface area contributed by atoms with Gasteiger partial charge in [0, 0.05) is 36.6 Å². The van der Waals surface area contributed by atoms with E-state index >= 15 is 0 Å². The largest absolute Gasteiger partial charge is 0.312 e. The van der Waals surface area contributed by atoms with Crippen molar-refractivity contribution in [3.63, 3.8) is 0 Å². The van der Waals surface area contributed by atoms with E-state index in [4.69, 9.17) is 33.2 Å². The van der Waals surface area contributed by atoms with Crippen LogP contribution >= 0.6 is 23.2 Å². The van der Waals surface area contributed by atoms with Crippen molar-refractivity contribution in [2.24, 2.45) is 0 Å². The maximum Gasteiger partial charge on any atom is 0.131 e. The molecule has 3 nitrogen and oxygen atoms in total. The third kappa shape index (κ3) is 2.91. The average molecular weight is 322 g/mol. The molecule has 0 spiro atoms. The summed E-state index contributed by atoms with van der Waals surface area (Å²) < 4.78 is 0. The molecule has 1 aliphatic heterocycles. The summed E-state index contributed by atoms with van der Waals surface area (Å²) in [5.41, 5.74) is 4.28. The second-order valence-corrected chi connectivity index (χ2v) is 6.38. The van der Waals surface area contributed by atoms with Gasteiger partial charge in [0.2, 0.25) is 0 Å². The lowest BCUT2D eigenvalue weighted by molar-refractivity contribution is 0.616. The summed E-state index contributed by atoms with van der Waals surface area (Å²) in [5.74, 6) is 1.18. The fourth-order valence-corrected chi connectivity index (χ4v) is 2.80. The van der Waals surface area contributed by atoms with Gasteiger partial charge in [-0.15, -0.1) is 0 Å². The molecule has 2 aromatic rings. The van der Waals surface area contributed by atoms with Crippen molar-refractivity contribution >= 4 is 23.2 Å². The Hall–Kier alpha value is -1.16. The van der Waals surface area contributed by atoms with E-state index in [9.17, 15) is 0 Å². The predicted molar refractivity (Wildman–Crippen MR) is 87.0 cm³/mol. The van der Waals surface area contributed by atoms with Crippen LogP contribution in [-0.4, -0.2) is 16.5 Å². The molecule has 0 aliphatic carbocycles. The first kappa shape index (κ1) is 14.8. The zero-order valence-electron chi connectivity index (χ0n) is 12.1. The Balaban J connectivity index is 2.19. The summed E-state index contributed by atoms with van der Waals surface area (Å²) in [6.07, 6.45) is 0.936. The molecule has 0 saturated carbocycles. The second kappa shape index (κ2) is 5.91. The molecule has 21 heavy (non-hydrogen) atoms. The van der Waals surface area contributed by atoms with Crippen LogP contribution in [-0.2, 0) is 13.0 Å². The zero-order chi connectivity index (χ0) is 15.0. The average Bonchev–Trinajstić information content (AvgIpc) is 2.49. The third-order valence-corrected chi connectivity index (χ3v) is 4.40. The quantitative estimate of drug-likeness (QED) is 0.899. The maximum atomic E-state index is 6.16. The molecule has 1 N–H and O–H groups in total. The van der Waals surface area contributed by atoms with E-state index in [-0.39, 0.29) is 0 Å². The second-order valence-electron chi connectivity index (χ2n) is 5.57. The van der Waals surface area contributed by atoms with Crippen LogP contribution in [0.3, 0.4) is 0 Å². The summed E-state index contributed by atoms with van der Waals surface area (Å²) in [4.78, 5) is 9.50. The molecule has 0 atom stereocenters. The van der Waals surface area contributed by atoms with Crippen molar-refractivity contribution in [1.29, 1.82) is 0 Å². The molecule has 1 aromatic heterocycles. The fraction of sp³-hybridized carbons (Fsp3) is 0.375. The van der Waals surface area contributed by atoms with Gasteiger partial charge in [0.25, 0.3) is 0 Å². The Morgan fingerprint density at radius 3 is 2.67 bits per heavy atom. The topological polar surface area (TPSA) is 37.8 Å². The summed E-state index contributed by atoms with van der Waals surface area (Å²) in [6.45, 7) is 5.98. The van der Waals surface area contributed by atoms with Crippen LogP contribution in [0.5, 0.6) is 0 Å². The Bertz CT molecular complexity index is 683. The summed E-state index contributed by atoms with van der Waals surface area (Å²) in [7, 11) is 0. The SMILES string of the molecule is CC(C)c1nc2c(c(-c3ccc(Cl)c(Cl)c3)n1)CNCC2. The predicted octanol–water partition coefficient (Wildman–Crippen LogP) is 4.22. The monoisotopic (exact) mass is 321 g/mol. The van der Waals surface area contributed by atoms with E-state index in [0.717, 1.165) is 42.3 Å². The molecule has 1 aromatic carbocycles. The van der Waals surface area contributed by atoms with Crippen molar-refractivity contribution in [1.82, 2.24) is 15.3 Å². The normalized spacial score (nSPS) is 14.3. The smallest absolute Gasteiger partial charge is 0.131 e. The van der Waals surface area contributed by atoms with E-state index in [1.54, 1.807) is 0 Å². The van der Waals surface area contributed by atoms with Gasteiger partial charge in [0.15, 0.2) is 0 Å². The number of halogens is 2. The molecule has 0 bridgehead atoms. The van der Waals surface area contributed by atoms with E-state index in [1.165, 1.54) is 5.56 Å². The Morgan fingerprint density at radius 1 is 1.14 bits per heavy atom. The molecular weight excluding hydrogens is 305 g/mol. The number of benzene rings is 1. The molecule has 1 aliphatic rings. The van der Waals surface area contributed by atoms with Gasteiger partial charge in [0.05, 0.1) is 21.4 Å². The molecule has 0 unspecified atom stereocenters. The Labute approximate surface area is 134 Å². The van der Waals surface area contributed by atoms with Crippen molar-refractivity contribution < 1.29 is 0 Å². The van der Waals surface area contributed by atoms with Gasteiger partial charge < -0.3 is 5.32 Å². The van der Waals surface area contributed by atoms with Crippen LogP contribution in [0.25, 0.3) is 11.3 Å². The van der Waals surface area contributed by atoms with E-state index < -0.39 is 0 Å². The first-order chi connectivity index (χ1) is 10.1. The number of rotatable bonds is 2. The molecule has 0 fully saturated rings. The van der Waals surface area contributed by atoms with Gasteiger partial charge in [-0.2, -0.15) is 0 Å². The first-order valence-electron chi connectivity index (χ1n) is 7.12. The lowest BCUT2D eigenvalue weighted by atomic mass is 9.99. The highest BCUT2D eigenvalue weighted by atomic mass is 35.5. The van der Waals surface area contributed by atoms with E-state index in [1.807, 2.05) is 18.2 Å². The fourth-order valence-electron chi connectivity index (χ4n) is 2.50. The van der Waals surface area contributed by atoms with Crippen molar-refractivity contribution in [2.45, 2.75) is 32.7 Å². The molecule has 5 heteroatoms. The number of hydrogen-bond donors (Lipinski definition) is 1. The number of hydrogen-bond acceptors (Lipinski definition) is 3. The van der Waals surface area contributed by atoms with Crippen LogP contribution in [0.4, 0.5) is 0 Å².